The molecule has 1 N–H and O–H groups in total. The van der Waals surface area contributed by atoms with Crippen molar-refractivity contribution in [3.8, 4) is 5.75 Å². The van der Waals surface area contributed by atoms with E-state index >= 15 is 0 Å². The zero-order chi connectivity index (χ0) is 23.2. The Hall–Kier alpha value is -2.09. The number of methoxy groups -OCH3 is 1. The number of piperidine rings is 1. The molecule has 1 amide bonds. The number of carbonyl (C=O) groups is 1. The van der Waals surface area contributed by atoms with Gasteiger partial charge in [0, 0.05) is 75.9 Å². The number of fused-ring (bicyclic) bond motifs is 4. The van der Waals surface area contributed by atoms with Gasteiger partial charge in [-0.3, -0.25) is 9.69 Å². The normalized spacial score (nSPS) is 23.8. The van der Waals surface area contributed by atoms with Crippen molar-refractivity contribution < 1.29 is 19.4 Å². The Morgan fingerprint density at radius 2 is 1.97 bits per heavy atom. The molecule has 2 saturated heterocycles. The summed E-state index contributed by atoms with van der Waals surface area (Å²) in [5, 5.41) is 11.9. The van der Waals surface area contributed by atoms with Crippen molar-refractivity contribution in [3.05, 3.63) is 29.5 Å². The number of rotatable bonds is 4. The Morgan fingerprint density at radius 3 is 2.61 bits per heavy atom. The lowest BCUT2D eigenvalue weighted by Crippen LogP contribution is -2.55. The zero-order valence-corrected chi connectivity index (χ0v) is 20.2. The molecule has 4 heterocycles. The summed E-state index contributed by atoms with van der Waals surface area (Å²) in [7, 11) is 3.83. The predicted molar refractivity (Wildman–Crippen MR) is 128 cm³/mol. The molecule has 0 bridgehead atoms. The molecule has 0 aliphatic carbocycles. The Bertz CT molecular complexity index is 1020. The molecule has 0 saturated carbocycles. The highest BCUT2D eigenvalue weighted by Crippen LogP contribution is 2.50. The molecule has 3 aliphatic heterocycles. The van der Waals surface area contributed by atoms with Crippen molar-refractivity contribution in [3.63, 3.8) is 0 Å². The molecule has 0 unspecified atom stereocenters. The van der Waals surface area contributed by atoms with Gasteiger partial charge in [-0.2, -0.15) is 0 Å². The molecule has 2 fully saturated rings. The minimum absolute atomic E-state index is 0.0216. The second kappa shape index (κ2) is 8.93. The highest BCUT2D eigenvalue weighted by atomic mass is 16.5. The molecule has 5 rings (SSSR count). The van der Waals surface area contributed by atoms with Crippen molar-refractivity contribution in [2.24, 2.45) is 13.0 Å². The van der Waals surface area contributed by atoms with Gasteiger partial charge in [-0.05, 0) is 49.3 Å². The monoisotopic (exact) mass is 455 g/mol. The van der Waals surface area contributed by atoms with Crippen LogP contribution in [0.5, 0.6) is 5.75 Å². The van der Waals surface area contributed by atoms with Gasteiger partial charge in [0.15, 0.2) is 0 Å². The van der Waals surface area contributed by atoms with Gasteiger partial charge in [0.1, 0.15) is 5.75 Å². The minimum atomic E-state index is -0.0253. The minimum Gasteiger partial charge on any atom is -0.497 e. The van der Waals surface area contributed by atoms with E-state index < -0.39 is 0 Å². The Kier molecular flexibility index (Phi) is 6.14. The van der Waals surface area contributed by atoms with Gasteiger partial charge in [0.05, 0.1) is 25.3 Å². The number of aryl methyl sites for hydroxylation is 1. The number of aliphatic hydroxyl groups excluding tert-OH is 1. The number of amides is 1. The van der Waals surface area contributed by atoms with E-state index in [0.29, 0.717) is 5.92 Å². The second-order valence-electron chi connectivity index (χ2n) is 10.2. The highest BCUT2D eigenvalue weighted by molar-refractivity contribution is 5.88. The number of ether oxygens (including phenoxy) is 2. The lowest BCUT2D eigenvalue weighted by Gasteiger charge is -2.51. The molecule has 7 nitrogen and oxygen atoms in total. The van der Waals surface area contributed by atoms with Crippen molar-refractivity contribution >= 4 is 16.8 Å². The zero-order valence-electron chi connectivity index (χ0n) is 20.2. The van der Waals surface area contributed by atoms with Crippen LogP contribution in [0.3, 0.4) is 0 Å². The van der Waals surface area contributed by atoms with Crippen LogP contribution in [0.25, 0.3) is 10.9 Å². The third-order valence-corrected chi connectivity index (χ3v) is 8.42. The van der Waals surface area contributed by atoms with Gasteiger partial charge >= 0.3 is 0 Å². The van der Waals surface area contributed by atoms with E-state index in [0.717, 1.165) is 76.3 Å². The standard InChI is InChI=1S/C26H37N3O4/c1-18(31)28-10-8-26(9-11-28)17-29(15-19-6-12-33-13-7-19)23(16-30)25-24(26)21-5-4-20(32-3)14-22(21)27(25)2/h4-5,14,19,23,30H,6-13,15-17H2,1-3H3/t23-/m1/s1. The summed E-state index contributed by atoms with van der Waals surface area (Å²) in [4.78, 5) is 16.6. The van der Waals surface area contributed by atoms with Crippen LogP contribution in [-0.2, 0) is 22.0 Å². The highest BCUT2D eigenvalue weighted by Gasteiger charge is 2.48. The Balaban J connectivity index is 1.61. The first-order valence-corrected chi connectivity index (χ1v) is 12.3. The SMILES string of the molecule is COc1ccc2c3c(n(C)c2c1)[C@@H](CO)N(CC1CCOCC1)CC31CCN(C(C)=O)CC1. The van der Waals surface area contributed by atoms with Crippen molar-refractivity contribution in [1.82, 2.24) is 14.4 Å². The number of nitrogens with zero attached hydrogens (tertiary/aromatic N) is 3. The number of aliphatic hydroxyl groups is 1. The molecular weight excluding hydrogens is 418 g/mol. The van der Waals surface area contributed by atoms with Gasteiger partial charge in [-0.1, -0.05) is 0 Å². The fraction of sp³-hybridized carbons (Fsp3) is 0.654. The van der Waals surface area contributed by atoms with E-state index in [1.54, 1.807) is 14.0 Å². The maximum Gasteiger partial charge on any atom is 0.219 e. The van der Waals surface area contributed by atoms with E-state index in [1.807, 2.05) is 11.0 Å². The molecule has 1 spiro atoms. The van der Waals surface area contributed by atoms with Crippen LogP contribution in [0.4, 0.5) is 0 Å². The molecule has 2 aromatic rings. The third kappa shape index (κ3) is 3.84. The molecule has 3 aliphatic rings. The lowest BCUT2D eigenvalue weighted by atomic mass is 9.68. The number of likely N-dealkylation sites (tertiary alicyclic amines) is 1. The number of benzene rings is 1. The van der Waals surface area contributed by atoms with Crippen LogP contribution in [0.1, 0.15) is 49.9 Å². The molecule has 1 aromatic heterocycles. The van der Waals surface area contributed by atoms with Crippen molar-refractivity contribution in [2.75, 3.05) is 53.1 Å². The topological polar surface area (TPSA) is 67.2 Å². The van der Waals surface area contributed by atoms with Crippen LogP contribution in [0.2, 0.25) is 0 Å². The van der Waals surface area contributed by atoms with E-state index in [9.17, 15) is 9.90 Å². The third-order valence-electron chi connectivity index (χ3n) is 8.42. The maximum absolute atomic E-state index is 12.1. The van der Waals surface area contributed by atoms with Gasteiger partial charge in [-0.15, -0.1) is 0 Å². The number of hydrogen-bond donors (Lipinski definition) is 1. The van der Waals surface area contributed by atoms with Crippen LogP contribution in [-0.4, -0.2) is 78.5 Å². The van der Waals surface area contributed by atoms with Crippen LogP contribution < -0.4 is 4.74 Å². The summed E-state index contributed by atoms with van der Waals surface area (Å²) in [5.41, 5.74) is 3.74. The summed E-state index contributed by atoms with van der Waals surface area (Å²) < 4.78 is 13.4. The first kappa shape index (κ1) is 22.7. The molecule has 1 aromatic carbocycles. The maximum atomic E-state index is 12.1. The van der Waals surface area contributed by atoms with Gasteiger partial charge in [0.25, 0.3) is 0 Å². The van der Waals surface area contributed by atoms with E-state index in [2.05, 4.69) is 28.6 Å². The lowest BCUT2D eigenvalue weighted by molar-refractivity contribution is -0.130. The second-order valence-corrected chi connectivity index (χ2v) is 10.2. The van der Waals surface area contributed by atoms with Crippen molar-refractivity contribution in [1.29, 1.82) is 0 Å². The summed E-state index contributed by atoms with van der Waals surface area (Å²) in [6.07, 6.45) is 4.07. The summed E-state index contributed by atoms with van der Waals surface area (Å²) in [5.74, 6) is 1.61. The Labute approximate surface area is 196 Å². The fourth-order valence-electron chi connectivity index (χ4n) is 6.57. The van der Waals surface area contributed by atoms with Gasteiger partial charge in [-0.25, -0.2) is 0 Å². The molecule has 1 atom stereocenters. The average Bonchev–Trinajstić information content (AvgIpc) is 3.13. The van der Waals surface area contributed by atoms with E-state index in [-0.39, 0.29) is 24.0 Å². The molecule has 7 heteroatoms. The predicted octanol–water partition coefficient (Wildman–Crippen LogP) is 2.84. The van der Waals surface area contributed by atoms with Crippen LogP contribution >= 0.6 is 0 Å². The smallest absolute Gasteiger partial charge is 0.219 e. The quantitative estimate of drug-likeness (QED) is 0.768. The van der Waals surface area contributed by atoms with Crippen molar-refractivity contribution in [2.45, 2.75) is 44.1 Å². The number of carbonyl (C=O) groups excluding carboxylic acids is 1. The molecule has 33 heavy (non-hydrogen) atoms. The van der Waals surface area contributed by atoms with Crippen LogP contribution in [0.15, 0.2) is 18.2 Å². The van der Waals surface area contributed by atoms with Gasteiger partial charge < -0.3 is 24.0 Å². The summed E-state index contributed by atoms with van der Waals surface area (Å²) >= 11 is 0. The largest absolute Gasteiger partial charge is 0.497 e. The first-order valence-electron chi connectivity index (χ1n) is 12.3. The molecular formula is C26H37N3O4. The fourth-order valence-corrected chi connectivity index (χ4v) is 6.57. The van der Waals surface area contributed by atoms with Gasteiger partial charge in [0.2, 0.25) is 5.91 Å². The number of hydrogen-bond acceptors (Lipinski definition) is 5. The van der Waals surface area contributed by atoms with Crippen LogP contribution in [0, 0.1) is 5.92 Å². The van der Waals surface area contributed by atoms with E-state index in [4.69, 9.17) is 9.47 Å². The number of aromatic nitrogens is 1. The summed E-state index contributed by atoms with van der Waals surface area (Å²) in [6.45, 7) is 6.93. The molecule has 0 radical (unpaired) electrons. The van der Waals surface area contributed by atoms with E-state index in [1.165, 1.54) is 16.6 Å². The first-order chi connectivity index (χ1) is 16.0. The summed E-state index contributed by atoms with van der Waals surface area (Å²) in [6, 6.07) is 6.32. The Morgan fingerprint density at radius 1 is 1.24 bits per heavy atom. The molecule has 180 valence electrons. The average molecular weight is 456 g/mol.